The number of hydrogen-bond acceptors (Lipinski definition) is 4. The smallest absolute Gasteiger partial charge is 0.267 e. The van der Waals surface area contributed by atoms with Crippen molar-refractivity contribution in [3.05, 3.63) is 48.6 Å². The fraction of sp³-hybridized carbons (Fsp3) is 0.800. The van der Waals surface area contributed by atoms with Crippen LogP contribution in [0, 0.1) is 0 Å². The summed E-state index contributed by atoms with van der Waals surface area (Å²) in [6, 6.07) is -1.06. The summed E-state index contributed by atoms with van der Waals surface area (Å²) in [5, 5.41) is 13.2. The van der Waals surface area contributed by atoms with Crippen LogP contribution in [0.3, 0.4) is 0 Å². The molecule has 0 aromatic rings. The van der Waals surface area contributed by atoms with Crippen molar-refractivity contribution in [1.82, 2.24) is 5.32 Å². The van der Waals surface area contributed by atoms with E-state index in [0.29, 0.717) is 0 Å². The molecule has 0 aromatic carbocycles. The summed E-state index contributed by atoms with van der Waals surface area (Å²) < 4.78 is 32.5. The van der Waals surface area contributed by atoms with Gasteiger partial charge >= 0.3 is 0 Å². The third-order valence-corrected chi connectivity index (χ3v) is 10.5. The van der Waals surface area contributed by atoms with Gasteiger partial charge in [0, 0.05) is 6.42 Å². The number of carbonyl (C=O) groups excluding carboxylic acids is 1. The molecule has 2 unspecified atom stereocenters. The second-order valence-electron chi connectivity index (χ2n) is 15.0. The molecule has 2 atom stereocenters. The van der Waals surface area contributed by atoms with Crippen LogP contribution >= 0.6 is 0 Å². The maximum absolute atomic E-state index is 12.5. The fourth-order valence-electron chi connectivity index (χ4n) is 6.46. The Balaban J connectivity index is 3.89. The van der Waals surface area contributed by atoms with Gasteiger partial charge in [0.05, 0.1) is 17.9 Å². The lowest BCUT2D eigenvalue weighted by molar-refractivity contribution is -0.122. The van der Waals surface area contributed by atoms with Gasteiger partial charge in [-0.1, -0.05) is 197 Å². The van der Waals surface area contributed by atoms with Crippen molar-refractivity contribution in [2.24, 2.45) is 0 Å². The standard InChI is InChI=1S/C45H83NO5S/c1-3-5-7-9-11-13-15-17-19-20-21-22-23-24-25-26-27-29-31-33-35-37-39-41-45(48)46-43(42-52(49,50)51)44(47)40-38-36-34-32-30-28-18-16-14-12-10-8-6-4-2/h15,17,20-21,23-24,38,40,43-44,47H,3-14,16,18-19,22,25-37,39,41-42H2,1-2H3,(H,46,48)(H,49,50,51)/b17-15-,21-20-,24-23-,40-38+. The summed E-state index contributed by atoms with van der Waals surface area (Å²) in [7, 11) is -4.35. The maximum atomic E-state index is 12.5. The van der Waals surface area contributed by atoms with Crippen molar-refractivity contribution in [2.45, 2.75) is 225 Å². The van der Waals surface area contributed by atoms with E-state index in [9.17, 15) is 22.9 Å². The Labute approximate surface area is 322 Å². The normalized spacial score (nSPS) is 13.7. The first-order valence-corrected chi connectivity index (χ1v) is 23.4. The summed E-state index contributed by atoms with van der Waals surface area (Å²) in [5.74, 6) is -0.988. The summed E-state index contributed by atoms with van der Waals surface area (Å²) >= 11 is 0. The van der Waals surface area contributed by atoms with E-state index in [1.54, 1.807) is 6.08 Å². The quantitative estimate of drug-likeness (QED) is 0.0330. The molecule has 0 spiro atoms. The molecule has 1 amide bonds. The summed E-state index contributed by atoms with van der Waals surface area (Å²) in [6.45, 7) is 4.51. The van der Waals surface area contributed by atoms with Crippen LogP contribution in [-0.2, 0) is 14.9 Å². The molecule has 7 heteroatoms. The van der Waals surface area contributed by atoms with Crippen LogP contribution in [0.5, 0.6) is 0 Å². The van der Waals surface area contributed by atoms with Crippen LogP contribution in [0.15, 0.2) is 48.6 Å². The van der Waals surface area contributed by atoms with Crippen molar-refractivity contribution < 1.29 is 22.9 Å². The van der Waals surface area contributed by atoms with E-state index < -0.39 is 28.0 Å². The second-order valence-corrected chi connectivity index (χ2v) is 16.5. The first kappa shape index (κ1) is 50.3. The van der Waals surface area contributed by atoms with Crippen LogP contribution in [0.2, 0.25) is 0 Å². The Bertz CT molecular complexity index is 1000. The predicted octanol–water partition coefficient (Wildman–Crippen LogP) is 13.1. The lowest BCUT2D eigenvalue weighted by atomic mass is 10.0. The van der Waals surface area contributed by atoms with Crippen molar-refractivity contribution in [2.75, 3.05) is 5.75 Å². The number of carbonyl (C=O) groups is 1. The van der Waals surface area contributed by atoms with Crippen molar-refractivity contribution in [3.63, 3.8) is 0 Å². The van der Waals surface area contributed by atoms with Gasteiger partial charge in [-0.15, -0.1) is 0 Å². The van der Waals surface area contributed by atoms with Crippen LogP contribution in [-0.4, -0.2) is 41.9 Å². The van der Waals surface area contributed by atoms with Crippen LogP contribution in [0.4, 0.5) is 0 Å². The predicted molar refractivity (Wildman–Crippen MR) is 225 cm³/mol. The van der Waals surface area contributed by atoms with Gasteiger partial charge in [-0.25, -0.2) is 0 Å². The number of hydrogen-bond donors (Lipinski definition) is 3. The molecule has 0 radical (unpaired) electrons. The highest BCUT2D eigenvalue weighted by Crippen LogP contribution is 2.14. The van der Waals surface area contributed by atoms with Crippen molar-refractivity contribution in [1.29, 1.82) is 0 Å². The Kier molecular flexibility index (Phi) is 37.7. The van der Waals surface area contributed by atoms with E-state index >= 15 is 0 Å². The molecule has 3 N–H and O–H groups in total. The molecule has 0 aliphatic carbocycles. The van der Waals surface area contributed by atoms with Crippen LogP contribution < -0.4 is 5.32 Å². The molecule has 6 nitrogen and oxygen atoms in total. The highest BCUT2D eigenvalue weighted by atomic mass is 32.2. The highest BCUT2D eigenvalue weighted by Gasteiger charge is 2.24. The zero-order valence-corrected chi connectivity index (χ0v) is 34.7. The third kappa shape index (κ3) is 39.5. The minimum absolute atomic E-state index is 0.286. The summed E-state index contributed by atoms with van der Waals surface area (Å²) in [6.07, 6.45) is 52.4. The number of allylic oxidation sites excluding steroid dienone is 7. The molecule has 0 saturated carbocycles. The van der Waals surface area contributed by atoms with Gasteiger partial charge in [0.25, 0.3) is 10.1 Å². The molecular formula is C45H83NO5S. The van der Waals surface area contributed by atoms with E-state index in [-0.39, 0.29) is 12.3 Å². The van der Waals surface area contributed by atoms with Gasteiger partial charge in [0.2, 0.25) is 5.91 Å². The average Bonchev–Trinajstić information content (AvgIpc) is 3.11. The first-order valence-electron chi connectivity index (χ1n) is 21.8. The van der Waals surface area contributed by atoms with E-state index in [1.165, 1.54) is 128 Å². The highest BCUT2D eigenvalue weighted by molar-refractivity contribution is 7.85. The van der Waals surface area contributed by atoms with E-state index in [2.05, 4.69) is 55.6 Å². The van der Waals surface area contributed by atoms with E-state index in [0.717, 1.165) is 64.2 Å². The van der Waals surface area contributed by atoms with Gasteiger partial charge in [-0.3, -0.25) is 9.35 Å². The zero-order chi connectivity index (χ0) is 38.2. The molecule has 52 heavy (non-hydrogen) atoms. The topological polar surface area (TPSA) is 104 Å². The number of nitrogens with one attached hydrogen (secondary N) is 1. The summed E-state index contributed by atoms with van der Waals surface area (Å²) in [5.41, 5.74) is 0. The second kappa shape index (κ2) is 39.0. The van der Waals surface area contributed by atoms with Crippen LogP contribution in [0.25, 0.3) is 0 Å². The Morgan fingerprint density at radius 2 is 0.865 bits per heavy atom. The first-order chi connectivity index (χ1) is 25.3. The lowest BCUT2D eigenvalue weighted by Gasteiger charge is -2.21. The van der Waals surface area contributed by atoms with Crippen molar-refractivity contribution in [3.8, 4) is 0 Å². The molecule has 0 aliphatic rings. The average molecular weight is 750 g/mol. The minimum atomic E-state index is -4.35. The SMILES string of the molecule is CCCCCCC/C=C\C/C=C\C/C=C\CCCCCCCCCCC(=O)NC(CS(=O)(=O)O)C(O)/C=C/CCCCCCCCCCCCCC. The Hall–Kier alpha value is -1.70. The largest absolute Gasteiger partial charge is 0.387 e. The van der Waals surface area contributed by atoms with Crippen LogP contribution in [0.1, 0.15) is 213 Å². The summed E-state index contributed by atoms with van der Waals surface area (Å²) in [4.78, 5) is 12.5. The molecule has 0 saturated heterocycles. The maximum Gasteiger partial charge on any atom is 0.267 e. The molecule has 0 aromatic heterocycles. The number of rotatable bonds is 39. The number of aliphatic hydroxyl groups excluding tert-OH is 1. The van der Waals surface area contributed by atoms with Gasteiger partial charge in [-0.2, -0.15) is 8.42 Å². The molecule has 0 heterocycles. The number of unbranched alkanes of at least 4 members (excludes halogenated alkanes) is 25. The van der Waals surface area contributed by atoms with Gasteiger partial charge < -0.3 is 10.4 Å². The lowest BCUT2D eigenvalue weighted by Crippen LogP contribution is -2.46. The fourth-order valence-corrected chi connectivity index (χ4v) is 7.19. The zero-order valence-electron chi connectivity index (χ0n) is 33.9. The molecular weight excluding hydrogens is 667 g/mol. The molecule has 304 valence electrons. The third-order valence-electron chi connectivity index (χ3n) is 9.75. The molecule has 0 aliphatic heterocycles. The Morgan fingerprint density at radius 3 is 1.27 bits per heavy atom. The van der Waals surface area contributed by atoms with Gasteiger partial charge in [0.15, 0.2) is 0 Å². The monoisotopic (exact) mass is 750 g/mol. The number of aliphatic hydroxyl groups is 1. The van der Waals surface area contributed by atoms with E-state index in [4.69, 9.17) is 0 Å². The molecule has 0 bridgehead atoms. The number of amides is 1. The molecule has 0 rings (SSSR count). The molecule has 0 fully saturated rings. The minimum Gasteiger partial charge on any atom is -0.387 e. The van der Waals surface area contributed by atoms with E-state index in [1.807, 2.05) is 6.08 Å². The van der Waals surface area contributed by atoms with Gasteiger partial charge in [-0.05, 0) is 57.8 Å². The van der Waals surface area contributed by atoms with Gasteiger partial charge in [0.1, 0.15) is 0 Å². The Morgan fingerprint density at radius 1 is 0.519 bits per heavy atom. The van der Waals surface area contributed by atoms with Crippen molar-refractivity contribution >= 4 is 16.0 Å².